The van der Waals surface area contributed by atoms with Gasteiger partial charge in [-0.25, -0.2) is 26.4 Å². The van der Waals surface area contributed by atoms with Gasteiger partial charge in [0.05, 0.1) is 10.5 Å². The second-order valence-electron chi connectivity index (χ2n) is 7.12. The highest BCUT2D eigenvalue weighted by Crippen LogP contribution is 2.24. The summed E-state index contributed by atoms with van der Waals surface area (Å²) in [5.41, 5.74) is -0.00328. The molecular weight excluding hydrogens is 429 g/mol. The van der Waals surface area contributed by atoms with E-state index in [1.807, 2.05) is 0 Å². The first-order chi connectivity index (χ1) is 14.1. The molecule has 0 aromatic heterocycles. The van der Waals surface area contributed by atoms with Crippen LogP contribution in [0.1, 0.15) is 41.6 Å². The van der Waals surface area contributed by atoms with Crippen molar-refractivity contribution in [2.24, 2.45) is 11.1 Å². The van der Waals surface area contributed by atoms with Crippen LogP contribution in [0.4, 0.5) is 4.39 Å². The maximum absolute atomic E-state index is 14.4. The van der Waals surface area contributed by atoms with Crippen LogP contribution in [0.5, 0.6) is 0 Å². The van der Waals surface area contributed by atoms with Crippen LogP contribution in [0.2, 0.25) is 0 Å². The smallest absolute Gasteiger partial charge is 0.239 e. The van der Waals surface area contributed by atoms with Gasteiger partial charge in [-0.05, 0) is 43.2 Å². The molecule has 6 nitrogen and oxygen atoms in total. The van der Waals surface area contributed by atoms with E-state index in [2.05, 4.69) is 11.8 Å². The van der Waals surface area contributed by atoms with E-state index in [1.54, 1.807) is 0 Å². The van der Waals surface area contributed by atoms with E-state index in [4.69, 9.17) is 5.14 Å². The van der Waals surface area contributed by atoms with Crippen molar-refractivity contribution >= 4 is 25.6 Å². The zero-order valence-corrected chi connectivity index (χ0v) is 17.6. The van der Waals surface area contributed by atoms with Gasteiger partial charge in [-0.3, -0.25) is 4.79 Å². The molecule has 2 aromatic carbocycles. The number of sulfonamides is 1. The minimum atomic E-state index is -4.37. The van der Waals surface area contributed by atoms with Crippen molar-refractivity contribution in [3.63, 3.8) is 0 Å². The highest BCUT2D eigenvalue weighted by atomic mass is 32.2. The second-order valence-corrected chi connectivity index (χ2v) is 10.6. The van der Waals surface area contributed by atoms with Crippen LogP contribution in [0.25, 0.3) is 0 Å². The minimum absolute atomic E-state index is 0.290. The Morgan fingerprint density at radius 1 is 1.03 bits per heavy atom. The Labute approximate surface area is 175 Å². The van der Waals surface area contributed by atoms with Crippen LogP contribution in [-0.2, 0) is 19.9 Å². The van der Waals surface area contributed by atoms with Gasteiger partial charge < -0.3 is 0 Å². The number of benzene rings is 2. The number of hydrogen-bond acceptors (Lipinski definition) is 5. The van der Waals surface area contributed by atoms with Gasteiger partial charge in [-0.2, -0.15) is 0 Å². The molecule has 0 radical (unpaired) electrons. The molecule has 0 spiro atoms. The van der Waals surface area contributed by atoms with Crippen LogP contribution in [0, 0.1) is 23.6 Å². The lowest BCUT2D eigenvalue weighted by Gasteiger charge is -2.09. The van der Waals surface area contributed by atoms with E-state index in [0.717, 1.165) is 43.9 Å². The Morgan fingerprint density at radius 3 is 2.27 bits per heavy atom. The lowest BCUT2D eigenvalue weighted by atomic mass is 10.1. The largest absolute Gasteiger partial charge is 0.293 e. The SMILES string of the molecule is NS(=O)(=O)c1ccccc1S(=O)(=O)CC(=O)c1ccc(C#CC2CCCC2)cc1F. The number of carbonyl (C=O) groups excluding carboxylic acids is 1. The Hall–Kier alpha value is -2.54. The van der Waals surface area contributed by atoms with Gasteiger partial charge in [0, 0.05) is 11.5 Å². The van der Waals surface area contributed by atoms with Crippen LogP contribution >= 0.6 is 0 Å². The maximum atomic E-state index is 14.4. The molecule has 0 unspecified atom stereocenters. The van der Waals surface area contributed by atoms with Crippen LogP contribution in [-0.4, -0.2) is 28.4 Å². The molecule has 2 N–H and O–H groups in total. The summed E-state index contributed by atoms with van der Waals surface area (Å²) in [6.07, 6.45) is 4.29. The molecule has 1 aliphatic carbocycles. The van der Waals surface area contributed by atoms with Crippen molar-refractivity contribution in [3.8, 4) is 11.8 Å². The number of rotatable bonds is 5. The van der Waals surface area contributed by atoms with Gasteiger partial charge in [0.1, 0.15) is 16.5 Å². The molecule has 1 saturated carbocycles. The number of carbonyl (C=O) groups is 1. The zero-order valence-electron chi connectivity index (χ0n) is 16.0. The number of Topliss-reactive ketones (excluding diaryl/α,β-unsaturated/α-hetero) is 1. The predicted molar refractivity (Wildman–Crippen MR) is 109 cm³/mol. The fourth-order valence-corrected chi connectivity index (χ4v) is 6.01. The fourth-order valence-electron chi connectivity index (χ4n) is 3.34. The minimum Gasteiger partial charge on any atom is -0.293 e. The monoisotopic (exact) mass is 449 g/mol. The van der Waals surface area contributed by atoms with E-state index < -0.39 is 52.6 Å². The fraction of sp³-hybridized carbons (Fsp3) is 0.286. The lowest BCUT2D eigenvalue weighted by Crippen LogP contribution is -2.22. The zero-order chi connectivity index (χ0) is 21.9. The molecule has 0 atom stereocenters. The summed E-state index contributed by atoms with van der Waals surface area (Å²) in [7, 11) is -8.70. The Morgan fingerprint density at radius 2 is 1.67 bits per heavy atom. The topological polar surface area (TPSA) is 111 Å². The van der Waals surface area contributed by atoms with Crippen LogP contribution in [0.15, 0.2) is 52.3 Å². The van der Waals surface area contributed by atoms with Gasteiger partial charge in [0.15, 0.2) is 15.6 Å². The van der Waals surface area contributed by atoms with Crippen molar-refractivity contribution in [1.82, 2.24) is 0 Å². The number of ketones is 1. The number of nitrogens with two attached hydrogens (primary N) is 1. The van der Waals surface area contributed by atoms with Crippen molar-refractivity contribution in [1.29, 1.82) is 0 Å². The maximum Gasteiger partial charge on any atom is 0.239 e. The predicted octanol–water partition coefficient (Wildman–Crippen LogP) is 2.67. The summed E-state index contributed by atoms with van der Waals surface area (Å²) >= 11 is 0. The third-order valence-electron chi connectivity index (χ3n) is 4.86. The van der Waals surface area contributed by atoms with E-state index in [9.17, 15) is 26.0 Å². The molecule has 1 fully saturated rings. The quantitative estimate of drug-likeness (QED) is 0.557. The summed E-state index contributed by atoms with van der Waals surface area (Å²) in [6.45, 7) is 0. The highest BCUT2D eigenvalue weighted by molar-refractivity contribution is 7.94. The van der Waals surface area contributed by atoms with Crippen molar-refractivity contribution in [2.45, 2.75) is 35.5 Å². The summed E-state index contributed by atoms with van der Waals surface area (Å²) in [4.78, 5) is 11.2. The standard InChI is InChI=1S/C21H20FNO5S2/c22-18-13-16(10-9-15-5-1-2-6-15)11-12-17(18)19(24)14-29(25,26)20-7-3-4-8-21(20)30(23,27)28/h3-4,7-8,11-13,15H,1-2,5-6,14H2,(H2,23,27,28). The lowest BCUT2D eigenvalue weighted by molar-refractivity contribution is 0.101. The number of primary sulfonamides is 1. The van der Waals surface area contributed by atoms with Crippen LogP contribution < -0.4 is 5.14 Å². The Kier molecular flexibility index (Phi) is 6.41. The van der Waals surface area contributed by atoms with E-state index >= 15 is 0 Å². The molecule has 2 aromatic rings. The van der Waals surface area contributed by atoms with Gasteiger partial charge in [-0.15, -0.1) is 0 Å². The average Bonchev–Trinajstić information content (AvgIpc) is 3.19. The molecule has 0 amide bonds. The van der Waals surface area contributed by atoms with E-state index in [-0.39, 0.29) is 0 Å². The summed E-state index contributed by atoms with van der Waals surface area (Å²) < 4.78 is 63.0. The molecule has 158 valence electrons. The van der Waals surface area contributed by atoms with E-state index in [1.165, 1.54) is 24.3 Å². The number of hydrogen-bond donors (Lipinski definition) is 1. The van der Waals surface area contributed by atoms with Crippen LogP contribution in [0.3, 0.4) is 0 Å². The Balaban J connectivity index is 1.84. The molecule has 0 heterocycles. The molecule has 0 bridgehead atoms. The number of sulfone groups is 1. The first kappa shape index (κ1) is 22.2. The highest BCUT2D eigenvalue weighted by Gasteiger charge is 2.28. The molecule has 0 aliphatic heterocycles. The number of halogens is 1. The van der Waals surface area contributed by atoms with Crippen molar-refractivity contribution in [3.05, 3.63) is 59.4 Å². The second kappa shape index (κ2) is 8.68. The normalized spacial score (nSPS) is 14.9. The van der Waals surface area contributed by atoms with Gasteiger partial charge >= 0.3 is 0 Å². The molecular formula is C21H20FNO5S2. The van der Waals surface area contributed by atoms with E-state index in [0.29, 0.717) is 11.5 Å². The van der Waals surface area contributed by atoms with Gasteiger partial charge in [-0.1, -0.05) is 36.8 Å². The summed E-state index contributed by atoms with van der Waals surface area (Å²) in [5, 5.41) is 5.06. The van der Waals surface area contributed by atoms with Crippen molar-refractivity contribution in [2.75, 3.05) is 5.75 Å². The van der Waals surface area contributed by atoms with Gasteiger partial charge in [0.25, 0.3) is 0 Å². The third-order valence-corrected chi connectivity index (χ3v) is 7.62. The summed E-state index contributed by atoms with van der Waals surface area (Å²) in [5.74, 6) is 3.30. The Bertz CT molecular complexity index is 1250. The molecule has 3 rings (SSSR count). The third kappa shape index (κ3) is 5.14. The van der Waals surface area contributed by atoms with Gasteiger partial charge in [0.2, 0.25) is 10.0 Å². The molecule has 9 heteroatoms. The molecule has 0 saturated heterocycles. The first-order valence-electron chi connectivity index (χ1n) is 9.27. The first-order valence-corrected chi connectivity index (χ1v) is 12.5. The van der Waals surface area contributed by atoms with Crippen molar-refractivity contribution < 1.29 is 26.0 Å². The molecule has 1 aliphatic rings. The molecule has 30 heavy (non-hydrogen) atoms. The average molecular weight is 450 g/mol. The summed E-state index contributed by atoms with van der Waals surface area (Å²) in [6, 6.07) is 8.45.